The lowest BCUT2D eigenvalue weighted by Gasteiger charge is -2.07. The molecule has 0 atom stereocenters. The number of anilines is 2. The van der Waals surface area contributed by atoms with Crippen molar-refractivity contribution in [2.75, 3.05) is 17.7 Å². The Morgan fingerprint density at radius 3 is 2.95 bits per heavy atom. The second kappa shape index (κ2) is 6.79. The normalized spacial score (nSPS) is 13.9. The molecule has 1 aromatic carbocycles. The molecule has 116 valence electrons. The van der Waals surface area contributed by atoms with E-state index in [2.05, 4.69) is 15.6 Å². The number of benzene rings is 1. The summed E-state index contributed by atoms with van der Waals surface area (Å²) >= 11 is 1.59. The first-order valence-electron chi connectivity index (χ1n) is 7.45. The average Bonchev–Trinajstić information content (AvgIpc) is 2.75. The van der Waals surface area contributed by atoms with Gasteiger partial charge in [-0.3, -0.25) is 5.32 Å². The van der Waals surface area contributed by atoms with Crippen molar-refractivity contribution >= 4 is 28.2 Å². The van der Waals surface area contributed by atoms with Crippen molar-refractivity contribution < 1.29 is 9.53 Å². The SMILES string of the molecule is COc1cccc(NC(=O)Nc2nc3c(s2)CCCCC3)c1. The topological polar surface area (TPSA) is 63.2 Å². The Balaban J connectivity index is 1.64. The van der Waals surface area contributed by atoms with Gasteiger partial charge in [0.15, 0.2) is 5.13 Å². The minimum atomic E-state index is -0.280. The first-order valence-corrected chi connectivity index (χ1v) is 8.27. The van der Waals surface area contributed by atoms with Gasteiger partial charge in [0.1, 0.15) is 5.75 Å². The molecule has 2 amide bonds. The highest BCUT2D eigenvalue weighted by Crippen LogP contribution is 2.29. The van der Waals surface area contributed by atoms with Crippen LogP contribution in [0.5, 0.6) is 5.75 Å². The quantitative estimate of drug-likeness (QED) is 0.839. The van der Waals surface area contributed by atoms with Crippen LogP contribution in [-0.2, 0) is 12.8 Å². The zero-order valence-corrected chi connectivity index (χ0v) is 13.3. The number of amides is 2. The van der Waals surface area contributed by atoms with E-state index in [0.717, 1.165) is 18.5 Å². The Morgan fingerprint density at radius 1 is 1.23 bits per heavy atom. The van der Waals surface area contributed by atoms with E-state index in [-0.39, 0.29) is 6.03 Å². The van der Waals surface area contributed by atoms with Crippen LogP contribution < -0.4 is 15.4 Å². The molecule has 0 fully saturated rings. The molecule has 1 aromatic heterocycles. The molecule has 1 aliphatic carbocycles. The van der Waals surface area contributed by atoms with Crippen molar-refractivity contribution in [2.45, 2.75) is 32.1 Å². The van der Waals surface area contributed by atoms with E-state index in [1.807, 2.05) is 18.2 Å². The van der Waals surface area contributed by atoms with E-state index < -0.39 is 0 Å². The Hall–Kier alpha value is -2.08. The summed E-state index contributed by atoms with van der Waals surface area (Å²) < 4.78 is 5.14. The number of carbonyl (C=O) groups excluding carboxylic acids is 1. The lowest BCUT2D eigenvalue weighted by atomic mass is 10.2. The molecular weight excluding hydrogens is 298 g/mol. The summed E-state index contributed by atoms with van der Waals surface area (Å²) in [6.45, 7) is 0. The summed E-state index contributed by atoms with van der Waals surface area (Å²) in [6.07, 6.45) is 5.76. The Labute approximate surface area is 133 Å². The number of urea groups is 1. The Kier molecular flexibility index (Phi) is 4.58. The van der Waals surface area contributed by atoms with Gasteiger partial charge < -0.3 is 10.1 Å². The molecule has 0 saturated carbocycles. The maximum Gasteiger partial charge on any atom is 0.325 e. The number of carbonyl (C=O) groups is 1. The van der Waals surface area contributed by atoms with Gasteiger partial charge in [-0.25, -0.2) is 9.78 Å². The van der Waals surface area contributed by atoms with E-state index >= 15 is 0 Å². The molecule has 0 bridgehead atoms. The van der Waals surface area contributed by atoms with Crippen molar-refractivity contribution in [3.8, 4) is 5.75 Å². The second-order valence-corrected chi connectivity index (χ2v) is 6.34. The van der Waals surface area contributed by atoms with Crippen molar-refractivity contribution in [3.63, 3.8) is 0 Å². The molecule has 0 aliphatic heterocycles. The molecule has 2 N–H and O–H groups in total. The number of aromatic nitrogens is 1. The minimum absolute atomic E-state index is 0.280. The lowest BCUT2D eigenvalue weighted by Crippen LogP contribution is -2.19. The molecule has 3 rings (SSSR count). The fourth-order valence-electron chi connectivity index (χ4n) is 2.54. The number of nitrogens with zero attached hydrogens (tertiary/aromatic N) is 1. The highest BCUT2D eigenvalue weighted by molar-refractivity contribution is 7.15. The van der Waals surface area contributed by atoms with Crippen molar-refractivity contribution in [2.24, 2.45) is 0 Å². The van der Waals surface area contributed by atoms with Crippen LogP contribution in [0.4, 0.5) is 15.6 Å². The first-order chi connectivity index (χ1) is 10.7. The van der Waals surface area contributed by atoms with Gasteiger partial charge in [-0.2, -0.15) is 0 Å². The molecular formula is C16H19N3O2S. The summed E-state index contributed by atoms with van der Waals surface area (Å²) in [7, 11) is 1.60. The molecule has 0 unspecified atom stereocenters. The fraction of sp³-hybridized carbons (Fsp3) is 0.375. The van der Waals surface area contributed by atoms with E-state index in [9.17, 15) is 4.79 Å². The van der Waals surface area contributed by atoms with Gasteiger partial charge in [0, 0.05) is 16.6 Å². The highest BCUT2D eigenvalue weighted by Gasteiger charge is 2.15. The first kappa shape index (κ1) is 14.8. The van der Waals surface area contributed by atoms with Gasteiger partial charge in [-0.15, -0.1) is 11.3 Å². The zero-order valence-electron chi connectivity index (χ0n) is 12.5. The molecule has 1 aliphatic rings. The smallest absolute Gasteiger partial charge is 0.325 e. The summed E-state index contributed by atoms with van der Waals surface area (Å²) in [6, 6.07) is 6.98. The minimum Gasteiger partial charge on any atom is -0.497 e. The third kappa shape index (κ3) is 3.57. The zero-order chi connectivity index (χ0) is 15.4. The number of fused-ring (bicyclic) bond motifs is 1. The molecule has 0 saturated heterocycles. The standard InChI is InChI=1S/C16H19N3O2S/c1-21-12-7-5-6-11(10-12)17-15(20)19-16-18-13-8-3-2-4-9-14(13)22-16/h5-7,10H,2-4,8-9H2,1H3,(H2,17,18,19,20). The Morgan fingerprint density at radius 2 is 2.09 bits per heavy atom. The monoisotopic (exact) mass is 317 g/mol. The maximum absolute atomic E-state index is 12.1. The molecule has 1 heterocycles. The van der Waals surface area contributed by atoms with Gasteiger partial charge in [0.25, 0.3) is 0 Å². The number of ether oxygens (including phenoxy) is 1. The third-order valence-electron chi connectivity index (χ3n) is 3.64. The van der Waals surface area contributed by atoms with Crippen molar-refractivity contribution in [3.05, 3.63) is 34.8 Å². The van der Waals surface area contributed by atoms with Gasteiger partial charge in [0.2, 0.25) is 0 Å². The third-order valence-corrected chi connectivity index (χ3v) is 4.72. The largest absolute Gasteiger partial charge is 0.497 e. The van der Waals surface area contributed by atoms with Crippen LogP contribution in [0.15, 0.2) is 24.3 Å². The van der Waals surface area contributed by atoms with Crippen LogP contribution in [0, 0.1) is 0 Å². The summed E-state index contributed by atoms with van der Waals surface area (Å²) in [5, 5.41) is 6.29. The number of rotatable bonds is 3. The molecule has 5 nitrogen and oxygen atoms in total. The van der Waals surface area contributed by atoms with Crippen LogP contribution in [-0.4, -0.2) is 18.1 Å². The van der Waals surface area contributed by atoms with Gasteiger partial charge in [-0.1, -0.05) is 12.5 Å². The van der Waals surface area contributed by atoms with Gasteiger partial charge in [0.05, 0.1) is 12.8 Å². The van der Waals surface area contributed by atoms with Crippen LogP contribution >= 0.6 is 11.3 Å². The number of thiazole rings is 1. The number of hydrogen-bond acceptors (Lipinski definition) is 4. The van der Waals surface area contributed by atoms with E-state index in [1.54, 1.807) is 24.5 Å². The maximum atomic E-state index is 12.1. The summed E-state index contributed by atoms with van der Waals surface area (Å²) in [5.74, 6) is 0.707. The van der Waals surface area contributed by atoms with E-state index in [0.29, 0.717) is 16.6 Å². The molecule has 6 heteroatoms. The number of methoxy groups -OCH3 is 1. The fourth-order valence-corrected chi connectivity index (χ4v) is 3.59. The van der Waals surface area contributed by atoms with E-state index in [1.165, 1.54) is 24.1 Å². The second-order valence-electron chi connectivity index (χ2n) is 5.26. The van der Waals surface area contributed by atoms with Crippen LogP contribution in [0.1, 0.15) is 29.8 Å². The lowest BCUT2D eigenvalue weighted by molar-refractivity contribution is 0.262. The predicted molar refractivity (Wildman–Crippen MR) is 89.0 cm³/mol. The molecule has 2 aromatic rings. The predicted octanol–water partition coefficient (Wildman–Crippen LogP) is 4.06. The molecule has 0 spiro atoms. The van der Waals surface area contributed by atoms with Crippen molar-refractivity contribution in [1.82, 2.24) is 4.98 Å². The van der Waals surface area contributed by atoms with Crippen molar-refractivity contribution in [1.29, 1.82) is 0 Å². The number of hydrogen-bond donors (Lipinski definition) is 2. The number of aryl methyl sites for hydroxylation is 2. The summed E-state index contributed by atoms with van der Waals surface area (Å²) in [5.41, 5.74) is 1.84. The van der Waals surface area contributed by atoms with Crippen LogP contribution in [0.3, 0.4) is 0 Å². The highest BCUT2D eigenvalue weighted by atomic mass is 32.1. The Bertz CT molecular complexity index is 646. The average molecular weight is 317 g/mol. The van der Waals surface area contributed by atoms with Gasteiger partial charge in [-0.05, 0) is 37.8 Å². The summed E-state index contributed by atoms with van der Waals surface area (Å²) in [4.78, 5) is 17.9. The van der Waals surface area contributed by atoms with Gasteiger partial charge >= 0.3 is 6.03 Å². The van der Waals surface area contributed by atoms with Crippen LogP contribution in [0.2, 0.25) is 0 Å². The van der Waals surface area contributed by atoms with Crippen LogP contribution in [0.25, 0.3) is 0 Å². The number of nitrogens with one attached hydrogen (secondary N) is 2. The molecule has 22 heavy (non-hydrogen) atoms. The van der Waals surface area contributed by atoms with E-state index in [4.69, 9.17) is 4.74 Å². The molecule has 0 radical (unpaired) electrons.